The average Bonchev–Trinajstić information content (AvgIpc) is 3.47. The van der Waals surface area contributed by atoms with Crippen molar-refractivity contribution in [3.8, 4) is 22.4 Å². The van der Waals surface area contributed by atoms with E-state index >= 15 is 0 Å². The quantitative estimate of drug-likeness (QED) is 0.315. The fraction of sp³-hybridized carbons (Fsp3) is 0.0741. The molecule has 31 heavy (non-hydrogen) atoms. The second kappa shape index (κ2) is 5.35. The van der Waals surface area contributed by atoms with Crippen molar-refractivity contribution in [2.24, 2.45) is 0 Å². The van der Waals surface area contributed by atoms with Gasteiger partial charge in [-0.05, 0) is 52.4 Å². The van der Waals surface area contributed by atoms with Crippen molar-refractivity contribution in [3.05, 3.63) is 95.7 Å². The molecule has 0 aliphatic heterocycles. The molecule has 0 amide bonds. The lowest BCUT2D eigenvalue weighted by Gasteiger charge is -2.11. The topological polar surface area (TPSA) is 43.1 Å². The monoisotopic (exact) mass is 396 g/mol. The lowest BCUT2D eigenvalue weighted by molar-refractivity contribution is 1.15. The molecule has 144 valence electrons. The minimum absolute atomic E-state index is 0.879. The van der Waals surface area contributed by atoms with Gasteiger partial charge in [-0.25, -0.2) is 4.98 Å². The molecule has 0 saturated carbocycles. The van der Waals surface area contributed by atoms with Crippen LogP contribution in [0.3, 0.4) is 0 Å². The first-order valence-corrected chi connectivity index (χ1v) is 10.6. The number of hydrogen-bond donors (Lipinski definition) is 0. The summed E-state index contributed by atoms with van der Waals surface area (Å²) in [6.45, 7) is 0. The molecule has 0 bridgehead atoms. The number of fused-ring (bicyclic) bond motifs is 13. The zero-order valence-electron chi connectivity index (χ0n) is 16.6. The Hall–Kier alpha value is -4.05. The number of hydrogen-bond acceptors (Lipinski definition) is 3. The summed E-state index contributed by atoms with van der Waals surface area (Å²) in [6, 6.07) is 17.7. The van der Waals surface area contributed by atoms with Gasteiger partial charge < -0.3 is 0 Å². The van der Waals surface area contributed by atoms with Crippen LogP contribution in [0, 0.1) is 0 Å². The van der Waals surface area contributed by atoms with Gasteiger partial charge in [0.05, 0.1) is 23.1 Å². The molecule has 8 rings (SSSR count). The van der Waals surface area contributed by atoms with Crippen molar-refractivity contribution in [3.63, 3.8) is 0 Å². The first-order chi connectivity index (χ1) is 15.4. The van der Waals surface area contributed by atoms with Gasteiger partial charge in [-0.15, -0.1) is 0 Å². The van der Waals surface area contributed by atoms with Gasteiger partial charge in [0.2, 0.25) is 0 Å². The van der Waals surface area contributed by atoms with Crippen molar-refractivity contribution in [2.45, 2.75) is 12.8 Å². The molecule has 0 radical (unpaired) electrons. The second-order valence-electron chi connectivity index (χ2n) is 8.56. The Labute approximate surface area is 177 Å². The van der Waals surface area contributed by atoms with E-state index in [1.807, 2.05) is 24.8 Å². The number of benzene rings is 2. The largest absolute Gasteiger partial charge is 0.290 e. The second-order valence-corrected chi connectivity index (χ2v) is 8.56. The van der Waals surface area contributed by atoms with Gasteiger partial charge >= 0.3 is 0 Å². The van der Waals surface area contributed by atoms with Crippen molar-refractivity contribution in [2.75, 3.05) is 0 Å². The lowest BCUT2D eigenvalue weighted by Crippen LogP contribution is -1.96. The van der Waals surface area contributed by atoms with E-state index in [-0.39, 0.29) is 0 Å². The normalized spacial score (nSPS) is 13.5. The van der Waals surface area contributed by atoms with Gasteiger partial charge in [-0.3, -0.25) is 14.4 Å². The molecule has 0 unspecified atom stereocenters. The third kappa shape index (κ3) is 1.88. The molecule has 0 N–H and O–H groups in total. The highest BCUT2D eigenvalue weighted by atomic mass is 15.0. The maximum atomic E-state index is 5.14. The van der Waals surface area contributed by atoms with E-state index in [9.17, 15) is 0 Å². The fourth-order valence-corrected chi connectivity index (χ4v) is 5.66. The van der Waals surface area contributed by atoms with Crippen LogP contribution >= 0.6 is 0 Å². The molecule has 0 spiro atoms. The van der Waals surface area contributed by atoms with Crippen LogP contribution in [-0.2, 0) is 12.8 Å². The van der Waals surface area contributed by atoms with Crippen LogP contribution in [-0.4, -0.2) is 19.4 Å². The molecule has 4 heteroatoms. The van der Waals surface area contributed by atoms with Crippen molar-refractivity contribution in [1.29, 1.82) is 0 Å². The number of pyridine rings is 3. The van der Waals surface area contributed by atoms with Crippen LogP contribution in [0.4, 0.5) is 0 Å². The Morgan fingerprint density at radius 1 is 0.677 bits per heavy atom. The third-order valence-corrected chi connectivity index (χ3v) is 6.97. The number of nitrogens with zero attached hydrogens (tertiary/aromatic N) is 4. The predicted octanol–water partition coefficient (Wildman–Crippen LogP) is 5.57. The standard InChI is InChI=1S/C27H16N4/c1-2-4-18-15(3-1)9-16-10-17-11-24-26(22(17)12-21(16)18)31-25-14-29-7-5-19(25)23-13-28-8-6-20(23)27(31)30-24/h1-8,10,12-14H,9,11H2. The predicted molar refractivity (Wildman–Crippen MR) is 122 cm³/mol. The summed E-state index contributed by atoms with van der Waals surface area (Å²) in [6.07, 6.45) is 9.51. The van der Waals surface area contributed by atoms with Crippen LogP contribution < -0.4 is 0 Å². The molecule has 4 aromatic heterocycles. The summed E-state index contributed by atoms with van der Waals surface area (Å²) < 4.78 is 2.32. The lowest BCUT2D eigenvalue weighted by atomic mass is 9.99. The Bertz CT molecular complexity index is 1740. The van der Waals surface area contributed by atoms with Crippen molar-refractivity contribution >= 4 is 27.3 Å². The summed E-state index contributed by atoms with van der Waals surface area (Å²) >= 11 is 0. The molecule has 2 aliphatic carbocycles. The molecular weight excluding hydrogens is 380 g/mol. The molecular formula is C27H16N4. The van der Waals surface area contributed by atoms with Crippen molar-refractivity contribution in [1.82, 2.24) is 19.4 Å². The first kappa shape index (κ1) is 15.7. The molecule has 4 nitrogen and oxygen atoms in total. The SMILES string of the molecule is c1ccc2c(c1)Cc1cc3c(cc1-2)-c1c(nc2c4ccncc4c4ccncc4n12)C3. The minimum Gasteiger partial charge on any atom is -0.290 e. The highest BCUT2D eigenvalue weighted by Gasteiger charge is 2.29. The van der Waals surface area contributed by atoms with E-state index in [4.69, 9.17) is 4.98 Å². The van der Waals surface area contributed by atoms with Crippen LogP contribution in [0.2, 0.25) is 0 Å². The maximum Gasteiger partial charge on any atom is 0.146 e. The smallest absolute Gasteiger partial charge is 0.146 e. The molecule has 0 fully saturated rings. The fourth-order valence-electron chi connectivity index (χ4n) is 5.66. The van der Waals surface area contributed by atoms with E-state index < -0.39 is 0 Å². The van der Waals surface area contributed by atoms with Crippen LogP contribution in [0.1, 0.15) is 22.4 Å². The summed E-state index contributed by atoms with van der Waals surface area (Å²) in [5.41, 5.74) is 12.7. The zero-order valence-corrected chi connectivity index (χ0v) is 16.6. The Morgan fingerprint density at radius 3 is 2.48 bits per heavy atom. The number of aromatic nitrogens is 4. The van der Waals surface area contributed by atoms with Gasteiger partial charge in [0.25, 0.3) is 0 Å². The molecule has 4 heterocycles. The van der Waals surface area contributed by atoms with Crippen molar-refractivity contribution < 1.29 is 0 Å². The third-order valence-electron chi connectivity index (χ3n) is 6.97. The highest BCUT2D eigenvalue weighted by Crippen LogP contribution is 2.46. The Balaban J connectivity index is 1.52. The molecule has 2 aromatic carbocycles. The molecule has 2 aliphatic rings. The number of imidazole rings is 1. The summed E-state index contributed by atoms with van der Waals surface area (Å²) in [7, 11) is 0. The van der Waals surface area contributed by atoms with Crippen LogP contribution in [0.15, 0.2) is 73.3 Å². The molecule has 0 atom stereocenters. The van der Waals surface area contributed by atoms with E-state index in [1.165, 1.54) is 39.1 Å². The summed E-state index contributed by atoms with van der Waals surface area (Å²) in [5, 5.41) is 3.42. The average molecular weight is 396 g/mol. The van der Waals surface area contributed by atoms with Gasteiger partial charge in [-0.2, -0.15) is 0 Å². The van der Waals surface area contributed by atoms with E-state index in [0.29, 0.717) is 0 Å². The van der Waals surface area contributed by atoms with Crippen LogP contribution in [0.5, 0.6) is 0 Å². The van der Waals surface area contributed by atoms with Gasteiger partial charge in [-0.1, -0.05) is 30.3 Å². The Morgan fingerprint density at radius 2 is 1.52 bits per heavy atom. The summed E-state index contributed by atoms with van der Waals surface area (Å²) in [4.78, 5) is 14.0. The van der Waals surface area contributed by atoms with Crippen LogP contribution in [0.25, 0.3) is 49.7 Å². The molecule has 0 saturated heterocycles. The van der Waals surface area contributed by atoms with Gasteiger partial charge in [0.15, 0.2) is 0 Å². The minimum atomic E-state index is 0.879. The summed E-state index contributed by atoms with van der Waals surface area (Å²) in [5.74, 6) is 0. The van der Waals surface area contributed by atoms with E-state index in [0.717, 1.165) is 45.9 Å². The van der Waals surface area contributed by atoms with Gasteiger partial charge in [0, 0.05) is 46.7 Å². The first-order valence-electron chi connectivity index (χ1n) is 10.6. The van der Waals surface area contributed by atoms with E-state index in [2.05, 4.69) is 62.9 Å². The maximum absolute atomic E-state index is 5.14. The van der Waals surface area contributed by atoms with E-state index in [1.54, 1.807) is 0 Å². The number of rotatable bonds is 0. The Kier molecular flexibility index (Phi) is 2.72. The van der Waals surface area contributed by atoms with Gasteiger partial charge in [0.1, 0.15) is 5.65 Å². The zero-order chi connectivity index (χ0) is 20.1. The molecule has 6 aromatic rings. The highest BCUT2D eigenvalue weighted by molar-refractivity contribution is 6.12.